The molecular formula is C28H43N7O5. The van der Waals surface area contributed by atoms with E-state index in [-0.39, 0.29) is 37.0 Å². The number of carboxylic acids is 1. The lowest BCUT2D eigenvalue weighted by Gasteiger charge is -2.38. The van der Waals surface area contributed by atoms with Gasteiger partial charge >= 0.3 is 5.97 Å². The average Bonchev–Trinajstić information content (AvgIpc) is 3.36. The van der Waals surface area contributed by atoms with Crippen LogP contribution in [-0.4, -0.2) is 66.1 Å². The molecule has 1 heterocycles. The molecule has 0 aromatic heterocycles. The molecule has 0 saturated heterocycles. The standard InChI is InChI=1S/C28H43N7O5/c29-34-31-17-21-7-2-1-6-20(21)16-28(27(37)38)25(24-9-4-3-8-22(24)18-32-35-30)40-26(33-28)19-10-12-23(13-11-19)39-15-5-14-36/h19-21,23,25,36H,1-18H2,(H,37,38)/t19?,20?,21?,23?,25-,28-/m0/s1. The Kier molecular flexibility index (Phi) is 11.1. The molecule has 1 aliphatic heterocycles. The molecule has 0 amide bonds. The smallest absolute Gasteiger partial charge is 0.336 e. The lowest BCUT2D eigenvalue weighted by atomic mass is 9.69. The maximum absolute atomic E-state index is 13.3. The Bertz CT molecular complexity index is 1040. The number of aliphatic imine (C=N–C) groups is 1. The zero-order valence-electron chi connectivity index (χ0n) is 23.4. The third-order valence-corrected chi connectivity index (χ3v) is 9.32. The molecule has 4 aliphatic rings. The number of hydrogen-bond acceptors (Lipinski definition) is 7. The van der Waals surface area contributed by atoms with Crippen molar-refractivity contribution < 1.29 is 24.5 Å². The fourth-order valence-corrected chi connectivity index (χ4v) is 7.18. The van der Waals surface area contributed by atoms with E-state index in [0.717, 1.165) is 81.8 Å². The van der Waals surface area contributed by atoms with Crippen LogP contribution in [0.3, 0.4) is 0 Å². The first-order chi connectivity index (χ1) is 19.5. The van der Waals surface area contributed by atoms with E-state index < -0.39 is 17.6 Å². The van der Waals surface area contributed by atoms with Gasteiger partial charge in [-0.1, -0.05) is 41.5 Å². The summed E-state index contributed by atoms with van der Waals surface area (Å²) in [5.74, 6) is -0.246. The van der Waals surface area contributed by atoms with Gasteiger partial charge in [0.2, 0.25) is 5.54 Å². The van der Waals surface area contributed by atoms with E-state index in [2.05, 4.69) is 20.1 Å². The minimum absolute atomic E-state index is 0.0246. The molecule has 0 aromatic rings. The van der Waals surface area contributed by atoms with Crippen molar-refractivity contribution >= 4 is 11.9 Å². The van der Waals surface area contributed by atoms with E-state index in [1.807, 2.05) is 0 Å². The third kappa shape index (κ3) is 7.10. The van der Waals surface area contributed by atoms with Crippen LogP contribution < -0.4 is 0 Å². The van der Waals surface area contributed by atoms with Gasteiger partial charge in [0, 0.05) is 42.0 Å². The minimum Gasteiger partial charge on any atom is -0.479 e. The van der Waals surface area contributed by atoms with Gasteiger partial charge in [-0.05, 0) is 92.7 Å². The summed E-state index contributed by atoms with van der Waals surface area (Å²) in [7, 11) is 0. The highest BCUT2D eigenvalue weighted by molar-refractivity contribution is 5.91. The summed E-state index contributed by atoms with van der Waals surface area (Å²) in [6.45, 7) is 1.23. The second-order valence-corrected chi connectivity index (χ2v) is 11.7. The second kappa shape index (κ2) is 14.7. The lowest BCUT2D eigenvalue weighted by Crippen LogP contribution is -2.50. The topological polar surface area (TPSA) is 186 Å². The van der Waals surface area contributed by atoms with Crippen LogP contribution in [0.5, 0.6) is 0 Å². The molecule has 2 fully saturated rings. The SMILES string of the molecule is [N-]=[N+]=NCC1=C([C@@H]2OC(C3CCC(OCCCO)CC3)=N[C@]2(CC2CCCCC2CN=[N+]=[N-])C(=O)O)CCCC1. The van der Waals surface area contributed by atoms with Gasteiger partial charge in [-0.2, -0.15) is 0 Å². The first kappa shape index (κ1) is 30.2. The van der Waals surface area contributed by atoms with Crippen LogP contribution in [0.4, 0.5) is 0 Å². The van der Waals surface area contributed by atoms with Gasteiger partial charge in [-0.3, -0.25) is 0 Å². The van der Waals surface area contributed by atoms with Crippen molar-refractivity contribution in [1.29, 1.82) is 0 Å². The van der Waals surface area contributed by atoms with Crippen LogP contribution in [-0.2, 0) is 14.3 Å². The predicted molar refractivity (Wildman–Crippen MR) is 150 cm³/mol. The molecule has 3 aliphatic carbocycles. The summed E-state index contributed by atoms with van der Waals surface area (Å²) in [4.78, 5) is 24.2. The molecule has 12 nitrogen and oxygen atoms in total. The molecule has 0 bridgehead atoms. The van der Waals surface area contributed by atoms with Crippen molar-refractivity contribution in [2.45, 2.75) is 108 Å². The van der Waals surface area contributed by atoms with Gasteiger partial charge in [0.25, 0.3) is 0 Å². The number of azide groups is 2. The first-order valence-corrected chi connectivity index (χ1v) is 15.0. The highest BCUT2D eigenvalue weighted by Gasteiger charge is 2.57. The van der Waals surface area contributed by atoms with E-state index in [0.29, 0.717) is 38.3 Å². The molecule has 4 atom stereocenters. The Balaban J connectivity index is 1.65. The molecule has 2 saturated carbocycles. The van der Waals surface area contributed by atoms with E-state index >= 15 is 0 Å². The summed E-state index contributed by atoms with van der Waals surface area (Å²) in [6.07, 6.45) is 10.8. The van der Waals surface area contributed by atoms with Gasteiger partial charge in [0.05, 0.1) is 6.10 Å². The van der Waals surface area contributed by atoms with Crippen LogP contribution >= 0.6 is 0 Å². The van der Waals surface area contributed by atoms with E-state index in [1.54, 1.807) is 0 Å². The van der Waals surface area contributed by atoms with Crippen molar-refractivity contribution in [3.8, 4) is 0 Å². The molecular weight excluding hydrogens is 514 g/mol. The fraction of sp³-hybridized carbons (Fsp3) is 0.857. The minimum atomic E-state index is -1.46. The Morgan fingerprint density at radius 2 is 1.75 bits per heavy atom. The van der Waals surface area contributed by atoms with Crippen molar-refractivity contribution in [3.05, 3.63) is 32.0 Å². The van der Waals surface area contributed by atoms with Gasteiger partial charge in [0.1, 0.15) is 0 Å². The highest BCUT2D eigenvalue weighted by Crippen LogP contribution is 2.47. The van der Waals surface area contributed by atoms with Crippen LogP contribution in [0.15, 0.2) is 26.4 Å². The molecule has 0 radical (unpaired) electrons. The van der Waals surface area contributed by atoms with Gasteiger partial charge in [-0.15, -0.1) is 0 Å². The largest absolute Gasteiger partial charge is 0.479 e. The quantitative estimate of drug-likeness (QED) is 0.0888. The Hall–Kier alpha value is -2.78. The van der Waals surface area contributed by atoms with Gasteiger partial charge in [-0.25, -0.2) is 9.79 Å². The Morgan fingerprint density at radius 3 is 2.45 bits per heavy atom. The van der Waals surface area contributed by atoms with Gasteiger partial charge in [0.15, 0.2) is 12.0 Å². The Labute approximate surface area is 235 Å². The number of nitrogens with zero attached hydrogens (tertiary/aromatic N) is 7. The van der Waals surface area contributed by atoms with Crippen LogP contribution in [0.25, 0.3) is 20.9 Å². The van der Waals surface area contributed by atoms with Crippen molar-refractivity contribution in [2.24, 2.45) is 33.0 Å². The average molecular weight is 558 g/mol. The van der Waals surface area contributed by atoms with Gasteiger partial charge < -0.3 is 19.7 Å². The van der Waals surface area contributed by atoms with Crippen molar-refractivity contribution in [1.82, 2.24) is 0 Å². The molecule has 220 valence electrons. The zero-order chi connectivity index (χ0) is 28.4. The number of aliphatic carboxylic acids is 1. The zero-order valence-corrected chi connectivity index (χ0v) is 23.4. The molecule has 0 spiro atoms. The normalized spacial score (nSPS) is 32.4. The van der Waals surface area contributed by atoms with Crippen LogP contribution in [0, 0.1) is 17.8 Å². The number of hydrogen-bond donors (Lipinski definition) is 2. The van der Waals surface area contributed by atoms with Crippen molar-refractivity contribution in [2.75, 3.05) is 26.3 Å². The van der Waals surface area contributed by atoms with Crippen molar-refractivity contribution in [3.63, 3.8) is 0 Å². The molecule has 2 unspecified atom stereocenters. The number of carboxylic acid groups (broad SMARTS) is 1. The maximum atomic E-state index is 13.3. The maximum Gasteiger partial charge on any atom is 0.336 e. The van der Waals surface area contributed by atoms with Crippen LogP contribution in [0.1, 0.15) is 89.9 Å². The first-order valence-electron chi connectivity index (χ1n) is 15.0. The molecule has 0 aromatic carbocycles. The number of rotatable bonds is 13. The molecule has 2 N–H and O–H groups in total. The van der Waals surface area contributed by atoms with E-state index in [1.165, 1.54) is 0 Å². The summed E-state index contributed by atoms with van der Waals surface area (Å²) in [5.41, 5.74) is 18.4. The number of ether oxygens (including phenoxy) is 2. The summed E-state index contributed by atoms with van der Waals surface area (Å²) >= 11 is 0. The number of aliphatic hydroxyl groups excluding tert-OH is 1. The van der Waals surface area contributed by atoms with Crippen LogP contribution in [0.2, 0.25) is 0 Å². The number of aliphatic hydroxyl groups is 1. The summed E-state index contributed by atoms with van der Waals surface area (Å²) in [6, 6.07) is 0. The monoisotopic (exact) mass is 557 g/mol. The van der Waals surface area contributed by atoms with E-state index in [4.69, 9.17) is 30.6 Å². The lowest BCUT2D eigenvalue weighted by molar-refractivity contribution is -0.146. The number of carbonyl (C=O) groups is 1. The molecule has 40 heavy (non-hydrogen) atoms. The fourth-order valence-electron chi connectivity index (χ4n) is 7.18. The summed E-state index contributed by atoms with van der Waals surface area (Å²) < 4.78 is 12.5. The highest BCUT2D eigenvalue weighted by atomic mass is 16.5. The summed E-state index contributed by atoms with van der Waals surface area (Å²) in [5, 5.41) is 27.6. The predicted octanol–water partition coefficient (Wildman–Crippen LogP) is 6.25. The second-order valence-electron chi connectivity index (χ2n) is 11.7. The molecule has 12 heteroatoms. The Morgan fingerprint density at radius 1 is 1.02 bits per heavy atom. The third-order valence-electron chi connectivity index (χ3n) is 9.32. The molecule has 4 rings (SSSR count). The van der Waals surface area contributed by atoms with E-state index in [9.17, 15) is 9.90 Å².